The van der Waals surface area contributed by atoms with Crippen LogP contribution in [0, 0.1) is 0 Å². The van der Waals surface area contributed by atoms with E-state index in [1.165, 1.54) is 0 Å². The molecule has 118 valence electrons. The Bertz CT molecular complexity index is 672. The molecule has 0 spiro atoms. The largest absolute Gasteiger partial charge is 0.388 e. The van der Waals surface area contributed by atoms with Gasteiger partial charge in [-0.15, -0.1) is 0 Å². The van der Waals surface area contributed by atoms with Crippen LogP contribution in [0.3, 0.4) is 0 Å². The molecular formula is C17H22N2O3. The van der Waals surface area contributed by atoms with E-state index in [-0.39, 0.29) is 12.5 Å². The van der Waals surface area contributed by atoms with Gasteiger partial charge in [0.05, 0.1) is 5.60 Å². The van der Waals surface area contributed by atoms with E-state index in [4.69, 9.17) is 4.74 Å². The molecule has 1 amide bonds. The highest BCUT2D eigenvalue weighted by Crippen LogP contribution is 2.21. The molecule has 1 aromatic carbocycles. The molecule has 3 rings (SSSR count). The third kappa shape index (κ3) is 2.87. The first-order chi connectivity index (χ1) is 10.6. The smallest absolute Gasteiger partial charge is 0.268 e. The SMILES string of the molecule is CCn1c(C(=O)NCC2(O)CCOCC2)cc2ccccc21. The second-order valence-corrected chi connectivity index (χ2v) is 5.85. The van der Waals surface area contributed by atoms with Gasteiger partial charge in [-0.05, 0) is 19.1 Å². The molecule has 1 fully saturated rings. The number of rotatable bonds is 4. The maximum atomic E-state index is 12.5. The summed E-state index contributed by atoms with van der Waals surface area (Å²) in [7, 11) is 0. The lowest BCUT2D eigenvalue weighted by atomic mass is 9.94. The number of carbonyl (C=O) groups is 1. The van der Waals surface area contributed by atoms with Gasteiger partial charge < -0.3 is 19.7 Å². The van der Waals surface area contributed by atoms with Crippen molar-refractivity contribution in [3.63, 3.8) is 0 Å². The second kappa shape index (κ2) is 6.10. The van der Waals surface area contributed by atoms with Crippen molar-refractivity contribution in [1.82, 2.24) is 9.88 Å². The third-order valence-corrected chi connectivity index (χ3v) is 4.36. The average Bonchev–Trinajstić information content (AvgIpc) is 2.92. The van der Waals surface area contributed by atoms with Gasteiger partial charge in [0.15, 0.2) is 0 Å². The number of amides is 1. The third-order valence-electron chi connectivity index (χ3n) is 4.36. The molecule has 0 aliphatic carbocycles. The predicted octanol–water partition coefficient (Wildman–Crippen LogP) is 1.93. The Hall–Kier alpha value is -1.85. The Morgan fingerprint density at radius 2 is 2.09 bits per heavy atom. The fourth-order valence-corrected chi connectivity index (χ4v) is 3.00. The molecule has 5 nitrogen and oxygen atoms in total. The zero-order valence-electron chi connectivity index (χ0n) is 12.8. The summed E-state index contributed by atoms with van der Waals surface area (Å²) in [5, 5.41) is 14.4. The van der Waals surface area contributed by atoms with E-state index in [9.17, 15) is 9.90 Å². The topological polar surface area (TPSA) is 63.5 Å². The Morgan fingerprint density at radius 1 is 1.36 bits per heavy atom. The van der Waals surface area contributed by atoms with Crippen LogP contribution in [-0.2, 0) is 11.3 Å². The number of para-hydroxylation sites is 1. The van der Waals surface area contributed by atoms with Gasteiger partial charge in [0.2, 0.25) is 0 Å². The molecule has 0 saturated carbocycles. The molecule has 1 aliphatic rings. The predicted molar refractivity (Wildman–Crippen MR) is 84.9 cm³/mol. The van der Waals surface area contributed by atoms with Gasteiger partial charge >= 0.3 is 0 Å². The van der Waals surface area contributed by atoms with Crippen LogP contribution in [0.2, 0.25) is 0 Å². The van der Waals surface area contributed by atoms with Crippen LogP contribution in [0.15, 0.2) is 30.3 Å². The molecular weight excluding hydrogens is 280 g/mol. The first-order valence-corrected chi connectivity index (χ1v) is 7.79. The lowest BCUT2D eigenvalue weighted by Gasteiger charge is -2.32. The van der Waals surface area contributed by atoms with Crippen LogP contribution in [0.1, 0.15) is 30.3 Å². The molecule has 5 heteroatoms. The van der Waals surface area contributed by atoms with Crippen LogP contribution in [0.4, 0.5) is 0 Å². The fraction of sp³-hybridized carbons (Fsp3) is 0.471. The number of aryl methyl sites for hydroxylation is 1. The number of nitrogens with zero attached hydrogens (tertiary/aromatic N) is 1. The summed E-state index contributed by atoms with van der Waals surface area (Å²) in [4.78, 5) is 12.5. The standard InChI is InChI=1S/C17H22N2O3/c1-2-19-14-6-4-3-5-13(14)11-15(19)16(20)18-12-17(21)7-9-22-10-8-17/h3-6,11,21H,2,7-10,12H2,1H3,(H,18,20). The Morgan fingerprint density at radius 3 is 2.82 bits per heavy atom. The summed E-state index contributed by atoms with van der Waals surface area (Å²) in [6, 6.07) is 9.86. The number of aliphatic hydroxyl groups is 1. The van der Waals surface area contributed by atoms with Crippen molar-refractivity contribution in [3.8, 4) is 0 Å². The normalized spacial score (nSPS) is 17.5. The number of nitrogens with one attached hydrogen (secondary N) is 1. The Kier molecular flexibility index (Phi) is 4.18. The molecule has 0 bridgehead atoms. The minimum atomic E-state index is -0.850. The van der Waals surface area contributed by atoms with E-state index in [1.54, 1.807) is 0 Å². The van der Waals surface area contributed by atoms with E-state index in [0.29, 0.717) is 31.7 Å². The quantitative estimate of drug-likeness (QED) is 0.907. The molecule has 1 saturated heterocycles. The molecule has 22 heavy (non-hydrogen) atoms. The first kappa shape index (κ1) is 15.1. The van der Waals surface area contributed by atoms with Gasteiger partial charge in [-0.3, -0.25) is 4.79 Å². The molecule has 0 atom stereocenters. The number of aromatic nitrogens is 1. The summed E-state index contributed by atoms with van der Waals surface area (Å²) < 4.78 is 7.25. The van der Waals surface area contributed by atoms with Gasteiger partial charge in [-0.2, -0.15) is 0 Å². The average molecular weight is 302 g/mol. The number of hydrogen-bond donors (Lipinski definition) is 2. The second-order valence-electron chi connectivity index (χ2n) is 5.85. The lowest BCUT2D eigenvalue weighted by molar-refractivity contribution is -0.0605. The van der Waals surface area contributed by atoms with Crippen molar-refractivity contribution in [2.24, 2.45) is 0 Å². The number of ether oxygens (including phenoxy) is 1. The summed E-state index contributed by atoms with van der Waals surface area (Å²) in [6.45, 7) is 4.10. The molecule has 2 heterocycles. The van der Waals surface area contributed by atoms with E-state index in [2.05, 4.69) is 5.32 Å². The minimum Gasteiger partial charge on any atom is -0.388 e. The maximum absolute atomic E-state index is 12.5. The first-order valence-electron chi connectivity index (χ1n) is 7.79. The van der Waals surface area contributed by atoms with Crippen LogP contribution in [0.25, 0.3) is 10.9 Å². The van der Waals surface area contributed by atoms with E-state index in [1.807, 2.05) is 41.8 Å². The van der Waals surface area contributed by atoms with Crippen LogP contribution >= 0.6 is 0 Å². The molecule has 2 N–H and O–H groups in total. The summed E-state index contributed by atoms with van der Waals surface area (Å²) >= 11 is 0. The molecule has 2 aromatic rings. The number of carbonyl (C=O) groups excluding carboxylic acids is 1. The zero-order chi connectivity index (χ0) is 15.6. The number of benzene rings is 1. The van der Waals surface area contributed by atoms with Crippen molar-refractivity contribution < 1.29 is 14.6 Å². The highest BCUT2D eigenvalue weighted by molar-refractivity contribution is 5.98. The highest BCUT2D eigenvalue weighted by Gasteiger charge is 2.30. The number of fused-ring (bicyclic) bond motifs is 1. The van der Waals surface area contributed by atoms with Crippen molar-refractivity contribution in [2.75, 3.05) is 19.8 Å². The minimum absolute atomic E-state index is 0.141. The van der Waals surface area contributed by atoms with Crippen LogP contribution in [0.5, 0.6) is 0 Å². The van der Waals surface area contributed by atoms with E-state index in [0.717, 1.165) is 17.4 Å². The molecule has 1 aliphatic heterocycles. The monoisotopic (exact) mass is 302 g/mol. The van der Waals surface area contributed by atoms with E-state index >= 15 is 0 Å². The van der Waals surface area contributed by atoms with Crippen LogP contribution in [-0.4, -0.2) is 40.9 Å². The van der Waals surface area contributed by atoms with Gasteiger partial charge in [-0.25, -0.2) is 0 Å². The summed E-state index contributed by atoms with van der Waals surface area (Å²) in [5.41, 5.74) is 0.844. The van der Waals surface area contributed by atoms with Crippen molar-refractivity contribution >= 4 is 16.8 Å². The van der Waals surface area contributed by atoms with E-state index < -0.39 is 5.60 Å². The maximum Gasteiger partial charge on any atom is 0.268 e. The van der Waals surface area contributed by atoms with Gasteiger partial charge in [0, 0.05) is 50.0 Å². The lowest BCUT2D eigenvalue weighted by Crippen LogP contribution is -2.46. The summed E-state index contributed by atoms with van der Waals surface area (Å²) in [6.07, 6.45) is 1.12. The summed E-state index contributed by atoms with van der Waals surface area (Å²) in [5.74, 6) is -0.141. The van der Waals surface area contributed by atoms with Gasteiger partial charge in [0.1, 0.15) is 5.69 Å². The van der Waals surface area contributed by atoms with Gasteiger partial charge in [-0.1, -0.05) is 18.2 Å². The molecule has 1 aromatic heterocycles. The van der Waals surface area contributed by atoms with Crippen molar-refractivity contribution in [2.45, 2.75) is 31.9 Å². The fourth-order valence-electron chi connectivity index (χ4n) is 3.00. The zero-order valence-corrected chi connectivity index (χ0v) is 12.8. The molecule has 0 radical (unpaired) electrons. The number of hydrogen-bond acceptors (Lipinski definition) is 3. The Balaban J connectivity index is 1.77. The van der Waals surface area contributed by atoms with Crippen molar-refractivity contribution in [3.05, 3.63) is 36.0 Å². The molecule has 0 unspecified atom stereocenters. The van der Waals surface area contributed by atoms with Crippen molar-refractivity contribution in [1.29, 1.82) is 0 Å². The van der Waals surface area contributed by atoms with Gasteiger partial charge in [0.25, 0.3) is 5.91 Å². The Labute approximate surface area is 129 Å². The van der Waals surface area contributed by atoms with Crippen LogP contribution < -0.4 is 5.32 Å². The highest BCUT2D eigenvalue weighted by atomic mass is 16.5.